The molecule has 4 aromatic rings. The van der Waals surface area contributed by atoms with E-state index >= 15 is 0 Å². The third kappa shape index (κ3) is 4.04. The van der Waals surface area contributed by atoms with Gasteiger partial charge in [0.1, 0.15) is 5.75 Å². The van der Waals surface area contributed by atoms with Crippen LogP contribution in [0.15, 0.2) is 78.9 Å². The number of hydrogen-bond acceptors (Lipinski definition) is 3. The fraction of sp³-hybridized carbons (Fsp3) is 0.167. The summed E-state index contributed by atoms with van der Waals surface area (Å²) in [6.07, 6.45) is 0.636. The van der Waals surface area contributed by atoms with E-state index in [9.17, 15) is 13.5 Å². The van der Waals surface area contributed by atoms with Crippen LogP contribution in [0, 0.1) is 0 Å². The third-order valence-corrected chi connectivity index (χ3v) is 6.81. The molecule has 0 unspecified atom stereocenters. The number of phenolic OH excluding ortho intramolecular Hbond substituents is 1. The lowest BCUT2D eigenvalue weighted by Crippen LogP contribution is -2.32. The minimum absolute atomic E-state index is 0.102. The molecule has 0 saturated heterocycles. The number of H-pyrrole nitrogens is 1. The standard InChI is InChI=1S/C24H24N2O3S/c1-2-22-24(21-15-20(27)13-14-23(21)25-22)26(16-18-9-5-3-6-10-18)30(28,29)17-19-11-7-4-8-12-19/h3-15,25,27H,2,16-17H2,1H3. The van der Waals surface area contributed by atoms with E-state index in [1.165, 1.54) is 4.31 Å². The number of sulfonamides is 1. The summed E-state index contributed by atoms with van der Waals surface area (Å²) in [5.41, 5.74) is 3.85. The fourth-order valence-electron chi connectivity index (χ4n) is 3.69. The van der Waals surface area contributed by atoms with E-state index in [2.05, 4.69) is 4.98 Å². The van der Waals surface area contributed by atoms with Crippen LogP contribution in [0.25, 0.3) is 10.9 Å². The molecule has 0 aliphatic heterocycles. The van der Waals surface area contributed by atoms with Gasteiger partial charge in [0.15, 0.2) is 0 Å². The molecule has 6 heteroatoms. The molecule has 3 aromatic carbocycles. The lowest BCUT2D eigenvalue weighted by molar-refractivity contribution is 0.476. The Kier molecular flexibility index (Phi) is 5.50. The van der Waals surface area contributed by atoms with Crippen molar-refractivity contribution in [1.82, 2.24) is 4.98 Å². The zero-order valence-corrected chi connectivity index (χ0v) is 17.6. The van der Waals surface area contributed by atoms with Crippen LogP contribution in [0.4, 0.5) is 5.69 Å². The molecule has 0 amide bonds. The van der Waals surface area contributed by atoms with Crippen LogP contribution in [-0.4, -0.2) is 18.5 Å². The van der Waals surface area contributed by atoms with Crippen LogP contribution < -0.4 is 4.31 Å². The molecule has 0 spiro atoms. The molecular formula is C24H24N2O3S. The quantitative estimate of drug-likeness (QED) is 0.443. The molecule has 30 heavy (non-hydrogen) atoms. The Balaban J connectivity index is 1.88. The largest absolute Gasteiger partial charge is 0.508 e. The van der Waals surface area contributed by atoms with Crippen molar-refractivity contribution >= 4 is 26.6 Å². The first-order valence-electron chi connectivity index (χ1n) is 9.90. The summed E-state index contributed by atoms with van der Waals surface area (Å²) < 4.78 is 28.8. The molecule has 154 valence electrons. The van der Waals surface area contributed by atoms with Gasteiger partial charge in [-0.3, -0.25) is 4.31 Å². The second kappa shape index (κ2) is 8.24. The number of benzene rings is 3. The van der Waals surface area contributed by atoms with Gasteiger partial charge in [0.25, 0.3) is 0 Å². The van der Waals surface area contributed by atoms with Crippen LogP contribution in [0.5, 0.6) is 5.75 Å². The van der Waals surface area contributed by atoms with Crippen molar-refractivity contribution in [3.8, 4) is 5.75 Å². The molecule has 0 saturated carbocycles. The van der Waals surface area contributed by atoms with Gasteiger partial charge in [0.2, 0.25) is 10.0 Å². The number of anilines is 1. The zero-order chi connectivity index (χ0) is 21.1. The van der Waals surface area contributed by atoms with E-state index in [1.807, 2.05) is 67.6 Å². The van der Waals surface area contributed by atoms with Gasteiger partial charge < -0.3 is 10.1 Å². The first-order valence-corrected chi connectivity index (χ1v) is 11.5. The second-order valence-electron chi connectivity index (χ2n) is 7.27. The number of aryl methyl sites for hydroxylation is 1. The molecular weight excluding hydrogens is 396 g/mol. The van der Waals surface area contributed by atoms with E-state index in [-0.39, 0.29) is 18.0 Å². The molecule has 0 radical (unpaired) electrons. The van der Waals surface area contributed by atoms with Crippen LogP contribution in [0.3, 0.4) is 0 Å². The highest BCUT2D eigenvalue weighted by Crippen LogP contribution is 2.37. The summed E-state index contributed by atoms with van der Waals surface area (Å²) in [5.74, 6) is 0.000467. The van der Waals surface area contributed by atoms with Gasteiger partial charge in [0, 0.05) is 16.6 Å². The maximum Gasteiger partial charge on any atom is 0.239 e. The van der Waals surface area contributed by atoms with Crippen molar-refractivity contribution in [2.75, 3.05) is 4.31 Å². The van der Waals surface area contributed by atoms with Gasteiger partial charge in [0.05, 0.1) is 18.0 Å². The van der Waals surface area contributed by atoms with Crippen LogP contribution in [0.1, 0.15) is 23.7 Å². The maximum absolute atomic E-state index is 13.6. The normalized spacial score (nSPS) is 11.6. The van der Waals surface area contributed by atoms with Crippen molar-refractivity contribution in [2.45, 2.75) is 25.6 Å². The predicted molar refractivity (Wildman–Crippen MR) is 121 cm³/mol. The summed E-state index contributed by atoms with van der Waals surface area (Å²) in [5, 5.41) is 10.8. The van der Waals surface area contributed by atoms with E-state index in [1.54, 1.807) is 18.2 Å². The van der Waals surface area contributed by atoms with Gasteiger partial charge >= 0.3 is 0 Å². The van der Waals surface area contributed by atoms with Crippen LogP contribution in [-0.2, 0) is 28.7 Å². The molecule has 1 heterocycles. The topological polar surface area (TPSA) is 73.4 Å². The Hall–Kier alpha value is -3.25. The van der Waals surface area contributed by atoms with Crippen molar-refractivity contribution in [1.29, 1.82) is 0 Å². The number of hydrogen-bond donors (Lipinski definition) is 2. The van der Waals surface area contributed by atoms with Crippen LogP contribution >= 0.6 is 0 Å². The van der Waals surface area contributed by atoms with E-state index in [0.717, 1.165) is 22.3 Å². The predicted octanol–water partition coefficient (Wildman–Crippen LogP) is 4.97. The Morgan fingerprint density at radius 1 is 0.900 bits per heavy atom. The fourth-order valence-corrected chi connectivity index (χ4v) is 5.29. The smallest absolute Gasteiger partial charge is 0.239 e. The highest BCUT2D eigenvalue weighted by molar-refractivity contribution is 7.92. The first kappa shape index (κ1) is 20.0. The number of phenols is 1. The minimum Gasteiger partial charge on any atom is -0.508 e. The number of nitrogens with one attached hydrogen (secondary N) is 1. The average molecular weight is 421 g/mol. The first-order chi connectivity index (χ1) is 14.5. The Morgan fingerprint density at radius 3 is 2.17 bits per heavy atom. The Labute approximate surface area is 176 Å². The number of aromatic amines is 1. The van der Waals surface area contributed by atoms with Gasteiger partial charge in [-0.2, -0.15) is 0 Å². The molecule has 0 aliphatic rings. The van der Waals surface area contributed by atoms with E-state index < -0.39 is 10.0 Å². The molecule has 4 rings (SSSR count). The Morgan fingerprint density at radius 2 is 1.53 bits per heavy atom. The molecule has 5 nitrogen and oxygen atoms in total. The number of rotatable bonds is 7. The van der Waals surface area contributed by atoms with Gasteiger partial charge in [-0.15, -0.1) is 0 Å². The molecule has 1 aromatic heterocycles. The lowest BCUT2D eigenvalue weighted by atomic mass is 10.1. The third-order valence-electron chi connectivity index (χ3n) is 5.13. The zero-order valence-electron chi connectivity index (χ0n) is 16.7. The van der Waals surface area contributed by atoms with Crippen molar-refractivity contribution in [2.24, 2.45) is 0 Å². The summed E-state index contributed by atoms with van der Waals surface area (Å²) in [4.78, 5) is 3.33. The Bertz CT molecular complexity index is 1250. The molecule has 0 aliphatic carbocycles. The average Bonchev–Trinajstić information content (AvgIpc) is 3.10. The number of aromatic hydroxyl groups is 1. The van der Waals surface area contributed by atoms with Crippen molar-refractivity contribution < 1.29 is 13.5 Å². The molecule has 0 fully saturated rings. The number of fused-ring (bicyclic) bond motifs is 1. The molecule has 0 bridgehead atoms. The molecule has 2 N–H and O–H groups in total. The van der Waals surface area contributed by atoms with E-state index in [4.69, 9.17) is 0 Å². The van der Waals surface area contributed by atoms with Gasteiger partial charge in [-0.1, -0.05) is 67.6 Å². The van der Waals surface area contributed by atoms with Crippen LogP contribution in [0.2, 0.25) is 0 Å². The summed E-state index contributed by atoms with van der Waals surface area (Å²) in [7, 11) is -3.70. The maximum atomic E-state index is 13.6. The highest BCUT2D eigenvalue weighted by atomic mass is 32.2. The highest BCUT2D eigenvalue weighted by Gasteiger charge is 2.28. The minimum atomic E-state index is -3.70. The lowest BCUT2D eigenvalue weighted by Gasteiger charge is -2.25. The summed E-state index contributed by atoms with van der Waals surface area (Å²) in [6.45, 7) is 2.20. The van der Waals surface area contributed by atoms with Gasteiger partial charge in [-0.25, -0.2) is 8.42 Å². The monoisotopic (exact) mass is 420 g/mol. The SMILES string of the molecule is CCc1[nH]c2ccc(O)cc2c1N(Cc1ccccc1)S(=O)(=O)Cc1ccccc1. The molecule has 0 atom stereocenters. The summed E-state index contributed by atoms with van der Waals surface area (Å²) in [6, 6.07) is 23.7. The van der Waals surface area contributed by atoms with Crippen molar-refractivity contribution in [3.05, 3.63) is 95.7 Å². The van der Waals surface area contributed by atoms with Crippen molar-refractivity contribution in [3.63, 3.8) is 0 Å². The second-order valence-corrected chi connectivity index (χ2v) is 9.16. The van der Waals surface area contributed by atoms with Gasteiger partial charge in [-0.05, 0) is 35.7 Å². The summed E-state index contributed by atoms with van der Waals surface area (Å²) >= 11 is 0. The number of aromatic nitrogens is 1. The number of nitrogens with zero attached hydrogens (tertiary/aromatic N) is 1. The van der Waals surface area contributed by atoms with E-state index in [0.29, 0.717) is 17.5 Å².